The Kier molecular flexibility index (Phi) is 4.88. The molecule has 2 N–H and O–H groups in total. The van der Waals surface area contributed by atoms with Crippen LogP contribution in [0, 0.1) is 18.8 Å². The number of nitrogens with zero attached hydrogens (tertiary/aromatic N) is 1. The number of thiophene rings is 1. The van der Waals surface area contributed by atoms with Gasteiger partial charge in [-0.1, -0.05) is 6.92 Å². The van der Waals surface area contributed by atoms with Crippen molar-refractivity contribution in [1.29, 1.82) is 0 Å². The predicted octanol–water partition coefficient (Wildman–Crippen LogP) is 2.35. The van der Waals surface area contributed by atoms with E-state index in [4.69, 9.17) is 5.11 Å². The molecule has 1 aliphatic rings. The van der Waals surface area contributed by atoms with E-state index in [2.05, 4.69) is 24.4 Å². The van der Waals surface area contributed by atoms with Crippen molar-refractivity contribution in [3.05, 3.63) is 21.9 Å². The second-order valence-corrected chi connectivity index (χ2v) is 7.23. The standard InChI is InChI=1S/C15H22N2O3S/c1-9(6-13-5-4-10(2)21-13)16-15(20)17-7-12(8-17)11(3)14(18)19/h4-5,9,11-12H,6-8H2,1-3H3,(H,16,20)(H,18,19). The molecule has 2 rings (SSSR count). The van der Waals surface area contributed by atoms with Crippen LogP contribution in [0.1, 0.15) is 23.6 Å². The molecule has 0 aromatic carbocycles. The molecule has 6 heteroatoms. The Hall–Kier alpha value is -1.56. The van der Waals surface area contributed by atoms with Gasteiger partial charge in [-0.2, -0.15) is 0 Å². The fourth-order valence-electron chi connectivity index (χ4n) is 2.45. The molecule has 2 unspecified atom stereocenters. The molecule has 0 saturated carbocycles. The summed E-state index contributed by atoms with van der Waals surface area (Å²) in [5.74, 6) is -1.11. The van der Waals surface area contributed by atoms with Crippen LogP contribution in [-0.2, 0) is 11.2 Å². The lowest BCUT2D eigenvalue weighted by molar-refractivity contribution is -0.144. The molecule has 21 heavy (non-hydrogen) atoms. The number of aryl methyl sites for hydroxylation is 1. The molecule has 2 heterocycles. The van der Waals surface area contributed by atoms with Gasteiger partial charge in [-0.25, -0.2) is 4.79 Å². The van der Waals surface area contributed by atoms with Gasteiger partial charge in [-0.15, -0.1) is 11.3 Å². The summed E-state index contributed by atoms with van der Waals surface area (Å²) in [6.07, 6.45) is 0.826. The first-order valence-corrected chi connectivity index (χ1v) is 8.02. The van der Waals surface area contributed by atoms with Crippen LogP contribution < -0.4 is 5.32 Å². The lowest BCUT2D eigenvalue weighted by Gasteiger charge is -2.41. The van der Waals surface area contributed by atoms with E-state index in [0.29, 0.717) is 13.1 Å². The fraction of sp³-hybridized carbons (Fsp3) is 0.600. The second kappa shape index (κ2) is 6.47. The summed E-state index contributed by atoms with van der Waals surface area (Å²) in [6.45, 7) is 6.82. The fourth-order valence-corrected chi connectivity index (χ4v) is 3.47. The van der Waals surface area contributed by atoms with Crippen LogP contribution in [0.25, 0.3) is 0 Å². The highest BCUT2D eigenvalue weighted by molar-refractivity contribution is 7.11. The molecule has 1 aliphatic heterocycles. The SMILES string of the molecule is Cc1ccc(CC(C)NC(=O)N2CC(C(C)C(=O)O)C2)s1. The summed E-state index contributed by atoms with van der Waals surface area (Å²) in [6, 6.07) is 4.16. The third-order valence-electron chi connectivity index (χ3n) is 3.97. The highest BCUT2D eigenvalue weighted by Gasteiger charge is 2.37. The average molecular weight is 310 g/mol. The van der Waals surface area contributed by atoms with Gasteiger partial charge >= 0.3 is 12.0 Å². The van der Waals surface area contributed by atoms with Gasteiger partial charge in [0.2, 0.25) is 0 Å². The first kappa shape index (κ1) is 15.8. The smallest absolute Gasteiger partial charge is 0.317 e. The topological polar surface area (TPSA) is 69.6 Å². The van der Waals surface area contributed by atoms with Gasteiger partial charge in [0.25, 0.3) is 0 Å². The zero-order valence-corrected chi connectivity index (χ0v) is 13.4. The van der Waals surface area contributed by atoms with Crippen LogP contribution in [0.4, 0.5) is 4.79 Å². The number of hydrogen-bond acceptors (Lipinski definition) is 3. The van der Waals surface area contributed by atoms with Crippen molar-refractivity contribution in [3.63, 3.8) is 0 Å². The Morgan fingerprint density at radius 3 is 2.62 bits per heavy atom. The molecule has 5 nitrogen and oxygen atoms in total. The molecule has 2 atom stereocenters. The van der Waals surface area contributed by atoms with E-state index in [9.17, 15) is 9.59 Å². The predicted molar refractivity (Wildman–Crippen MR) is 82.6 cm³/mol. The number of urea groups is 1. The number of carbonyl (C=O) groups is 2. The molecule has 1 saturated heterocycles. The molecule has 2 amide bonds. The number of aliphatic carboxylic acids is 1. The summed E-state index contributed by atoms with van der Waals surface area (Å²) in [7, 11) is 0. The van der Waals surface area contributed by atoms with E-state index in [0.717, 1.165) is 6.42 Å². The molecule has 1 aromatic rings. The lowest BCUT2D eigenvalue weighted by Crippen LogP contribution is -2.57. The quantitative estimate of drug-likeness (QED) is 0.877. The Bertz CT molecular complexity index is 523. The minimum absolute atomic E-state index is 0.0727. The van der Waals surface area contributed by atoms with Gasteiger partial charge < -0.3 is 15.3 Å². The highest BCUT2D eigenvalue weighted by Crippen LogP contribution is 2.24. The first-order valence-electron chi connectivity index (χ1n) is 7.20. The van der Waals surface area contributed by atoms with Crippen LogP contribution in [0.15, 0.2) is 12.1 Å². The Morgan fingerprint density at radius 1 is 1.43 bits per heavy atom. The second-order valence-electron chi connectivity index (χ2n) is 5.86. The van der Waals surface area contributed by atoms with Crippen molar-refractivity contribution in [3.8, 4) is 0 Å². The maximum atomic E-state index is 12.0. The summed E-state index contributed by atoms with van der Waals surface area (Å²) in [4.78, 5) is 27.1. The maximum Gasteiger partial charge on any atom is 0.317 e. The minimum Gasteiger partial charge on any atom is -0.481 e. The number of carbonyl (C=O) groups excluding carboxylic acids is 1. The molecule has 0 aliphatic carbocycles. The number of rotatable bonds is 5. The molecule has 0 bridgehead atoms. The average Bonchev–Trinajstić information content (AvgIpc) is 2.71. The number of likely N-dealkylation sites (tertiary alicyclic amines) is 1. The monoisotopic (exact) mass is 310 g/mol. The zero-order valence-electron chi connectivity index (χ0n) is 12.6. The van der Waals surface area contributed by atoms with Crippen molar-refractivity contribution in [1.82, 2.24) is 10.2 Å². The lowest BCUT2D eigenvalue weighted by atomic mass is 9.87. The Balaban J connectivity index is 1.74. The van der Waals surface area contributed by atoms with Crippen molar-refractivity contribution in [2.75, 3.05) is 13.1 Å². The Labute approximate surface area is 129 Å². The number of carboxylic acid groups (broad SMARTS) is 1. The molecule has 116 valence electrons. The van der Waals surface area contributed by atoms with Crippen molar-refractivity contribution < 1.29 is 14.7 Å². The first-order chi connectivity index (χ1) is 9.86. The minimum atomic E-state index is -0.790. The van der Waals surface area contributed by atoms with Gasteiger partial charge in [0.15, 0.2) is 0 Å². The van der Waals surface area contributed by atoms with E-state index in [-0.39, 0.29) is 23.9 Å². The molecule has 1 fully saturated rings. The van der Waals surface area contributed by atoms with E-state index in [1.807, 2.05) is 6.92 Å². The van der Waals surface area contributed by atoms with E-state index in [1.165, 1.54) is 9.75 Å². The normalized spacial score (nSPS) is 18.0. The largest absolute Gasteiger partial charge is 0.481 e. The van der Waals surface area contributed by atoms with Gasteiger partial charge in [-0.05, 0) is 26.0 Å². The van der Waals surface area contributed by atoms with Crippen LogP contribution >= 0.6 is 11.3 Å². The third-order valence-corrected chi connectivity index (χ3v) is 4.99. The van der Waals surface area contributed by atoms with Gasteiger partial charge in [0.1, 0.15) is 0 Å². The van der Waals surface area contributed by atoms with Crippen molar-refractivity contribution in [2.45, 2.75) is 33.2 Å². The number of carboxylic acids is 1. The highest BCUT2D eigenvalue weighted by atomic mass is 32.1. The van der Waals surface area contributed by atoms with Crippen molar-refractivity contribution >= 4 is 23.3 Å². The van der Waals surface area contributed by atoms with Crippen LogP contribution in [0.5, 0.6) is 0 Å². The van der Waals surface area contributed by atoms with Gasteiger partial charge in [0.05, 0.1) is 5.92 Å². The number of nitrogens with one attached hydrogen (secondary N) is 1. The summed E-state index contributed by atoms with van der Waals surface area (Å²) >= 11 is 1.75. The van der Waals surface area contributed by atoms with Crippen molar-refractivity contribution in [2.24, 2.45) is 11.8 Å². The molecule has 1 aromatic heterocycles. The number of hydrogen-bond donors (Lipinski definition) is 2. The maximum absolute atomic E-state index is 12.0. The zero-order chi connectivity index (χ0) is 15.6. The van der Waals surface area contributed by atoms with E-state index < -0.39 is 5.97 Å². The summed E-state index contributed by atoms with van der Waals surface area (Å²) in [5.41, 5.74) is 0. The summed E-state index contributed by atoms with van der Waals surface area (Å²) < 4.78 is 0. The van der Waals surface area contributed by atoms with Crippen LogP contribution in [-0.4, -0.2) is 41.1 Å². The van der Waals surface area contributed by atoms with Gasteiger partial charge in [0, 0.05) is 41.2 Å². The van der Waals surface area contributed by atoms with Crippen LogP contribution in [0.2, 0.25) is 0 Å². The van der Waals surface area contributed by atoms with Crippen LogP contribution in [0.3, 0.4) is 0 Å². The van der Waals surface area contributed by atoms with E-state index >= 15 is 0 Å². The van der Waals surface area contributed by atoms with Gasteiger partial charge in [-0.3, -0.25) is 4.79 Å². The molecule has 0 spiro atoms. The molecule has 0 radical (unpaired) electrons. The Morgan fingerprint density at radius 2 is 2.10 bits per heavy atom. The van der Waals surface area contributed by atoms with E-state index in [1.54, 1.807) is 23.2 Å². The molecular formula is C15H22N2O3S. The third kappa shape index (κ3) is 3.97. The molecular weight excluding hydrogens is 288 g/mol. The summed E-state index contributed by atoms with van der Waals surface area (Å²) in [5, 5.41) is 11.9. The number of amides is 2.